The summed E-state index contributed by atoms with van der Waals surface area (Å²) in [5.74, 6) is -1.74. The molecule has 2 N–H and O–H groups in total. The Bertz CT molecular complexity index is 1280. The number of primary amides is 1. The number of nitrogens with zero attached hydrogens (tertiary/aromatic N) is 5. The first-order valence-corrected chi connectivity index (χ1v) is 11.1. The van der Waals surface area contributed by atoms with Crippen LogP contribution in [0.4, 0.5) is 17.6 Å². The molecule has 10 nitrogen and oxygen atoms in total. The summed E-state index contributed by atoms with van der Waals surface area (Å²) in [6, 6.07) is 6.32. The molecule has 1 aromatic carbocycles. The zero-order valence-electron chi connectivity index (χ0n) is 19.5. The Balaban J connectivity index is 1.37. The molecule has 1 saturated heterocycles. The fraction of sp³-hybridized carbons (Fsp3) is 0.348. The monoisotopic (exact) mass is 522 g/mol. The molecule has 0 unspecified atom stereocenters. The van der Waals surface area contributed by atoms with Crippen molar-refractivity contribution < 1.29 is 36.6 Å². The van der Waals surface area contributed by atoms with Gasteiger partial charge in [0.1, 0.15) is 23.1 Å². The lowest BCUT2D eigenvalue weighted by Gasteiger charge is -2.34. The van der Waals surface area contributed by atoms with Crippen LogP contribution in [0, 0.1) is 0 Å². The molecule has 0 radical (unpaired) electrons. The second-order valence-corrected chi connectivity index (χ2v) is 8.33. The number of alkyl halides is 4. The van der Waals surface area contributed by atoms with E-state index in [1.165, 1.54) is 40.3 Å². The Morgan fingerprint density at radius 2 is 1.92 bits per heavy atom. The number of carbonyl (C=O) groups excluding carboxylic acids is 2. The summed E-state index contributed by atoms with van der Waals surface area (Å²) < 4.78 is 61.3. The molecule has 1 aliphatic heterocycles. The first kappa shape index (κ1) is 25.9. The molecular formula is C23H22F4N6O4. The number of hydrogen-bond acceptors (Lipinski definition) is 7. The van der Waals surface area contributed by atoms with Crippen molar-refractivity contribution in [1.29, 1.82) is 0 Å². The minimum atomic E-state index is -4.81. The lowest BCUT2D eigenvalue weighted by molar-refractivity contribution is -0.274. The normalized spacial score (nSPS) is 17.9. The van der Waals surface area contributed by atoms with Crippen LogP contribution in [0.2, 0.25) is 0 Å². The zero-order chi connectivity index (χ0) is 26.7. The van der Waals surface area contributed by atoms with Crippen molar-refractivity contribution >= 4 is 11.8 Å². The van der Waals surface area contributed by atoms with Crippen molar-refractivity contribution in [3.05, 3.63) is 53.9 Å². The van der Waals surface area contributed by atoms with Crippen molar-refractivity contribution in [1.82, 2.24) is 24.9 Å². The number of nitrogens with two attached hydrogens (primary N) is 1. The molecule has 37 heavy (non-hydrogen) atoms. The Hall–Kier alpha value is -4.23. The highest BCUT2D eigenvalue weighted by Gasteiger charge is 2.34. The molecule has 3 heterocycles. The molecule has 1 aliphatic rings. The lowest BCUT2D eigenvalue weighted by atomic mass is 10.0. The van der Waals surface area contributed by atoms with Crippen molar-refractivity contribution in [2.45, 2.75) is 31.5 Å². The average Bonchev–Trinajstić information content (AvgIpc) is 3.27. The molecule has 2 aromatic heterocycles. The molecule has 0 spiro atoms. The van der Waals surface area contributed by atoms with Gasteiger partial charge in [-0.2, -0.15) is 15.0 Å². The molecule has 3 aromatic rings. The minimum Gasteiger partial charge on any atom is -0.471 e. The number of carbonyl (C=O) groups is 2. The maximum atomic E-state index is 15.0. The van der Waals surface area contributed by atoms with Gasteiger partial charge in [0.2, 0.25) is 11.8 Å². The van der Waals surface area contributed by atoms with Crippen LogP contribution in [-0.4, -0.2) is 68.4 Å². The van der Waals surface area contributed by atoms with E-state index in [2.05, 4.69) is 19.9 Å². The Labute approximate surface area is 208 Å². The van der Waals surface area contributed by atoms with Crippen LogP contribution < -0.4 is 15.2 Å². The first-order chi connectivity index (χ1) is 17.5. The van der Waals surface area contributed by atoms with Crippen molar-refractivity contribution in [3.8, 4) is 22.9 Å². The van der Waals surface area contributed by atoms with Gasteiger partial charge in [-0.15, -0.1) is 13.2 Å². The quantitative estimate of drug-likeness (QED) is 0.473. The number of amides is 2. The van der Waals surface area contributed by atoms with E-state index in [4.69, 9.17) is 10.5 Å². The second kappa shape index (κ2) is 10.4. The number of aryl methyl sites for hydroxylation is 1. The molecule has 196 valence electrons. The van der Waals surface area contributed by atoms with Gasteiger partial charge in [0.15, 0.2) is 6.17 Å². The summed E-state index contributed by atoms with van der Waals surface area (Å²) in [7, 11) is 1.63. The Kier molecular flexibility index (Phi) is 7.27. The Morgan fingerprint density at radius 3 is 2.51 bits per heavy atom. The van der Waals surface area contributed by atoms with E-state index >= 15 is 0 Å². The van der Waals surface area contributed by atoms with E-state index in [-0.39, 0.29) is 37.4 Å². The van der Waals surface area contributed by atoms with Crippen molar-refractivity contribution in [2.24, 2.45) is 12.8 Å². The van der Waals surface area contributed by atoms with Crippen LogP contribution in [0.3, 0.4) is 0 Å². The molecule has 4 rings (SSSR count). The highest BCUT2D eigenvalue weighted by molar-refractivity contribution is 5.96. The average molecular weight is 522 g/mol. The van der Waals surface area contributed by atoms with Gasteiger partial charge in [0.25, 0.3) is 5.91 Å². The number of ether oxygens (including phenoxy) is 2. The van der Waals surface area contributed by atoms with Gasteiger partial charge >= 0.3 is 6.36 Å². The molecule has 0 aliphatic carbocycles. The van der Waals surface area contributed by atoms with Gasteiger partial charge < -0.3 is 20.1 Å². The molecule has 1 fully saturated rings. The zero-order valence-corrected chi connectivity index (χ0v) is 19.5. The smallest absolute Gasteiger partial charge is 0.471 e. The number of likely N-dealkylation sites (tertiary alicyclic amines) is 1. The number of piperidine rings is 1. The summed E-state index contributed by atoms with van der Waals surface area (Å²) in [5, 5.41) is 8.10. The van der Waals surface area contributed by atoms with Gasteiger partial charge in [-0.3, -0.25) is 9.59 Å². The fourth-order valence-electron chi connectivity index (χ4n) is 3.82. The topological polar surface area (TPSA) is 125 Å². The van der Waals surface area contributed by atoms with E-state index in [1.807, 2.05) is 0 Å². The van der Waals surface area contributed by atoms with Crippen LogP contribution in [0.5, 0.6) is 11.6 Å². The predicted molar refractivity (Wildman–Crippen MR) is 120 cm³/mol. The van der Waals surface area contributed by atoms with Crippen LogP contribution in [0.1, 0.15) is 22.3 Å². The van der Waals surface area contributed by atoms with Crippen molar-refractivity contribution in [3.63, 3.8) is 0 Å². The van der Waals surface area contributed by atoms with Gasteiger partial charge in [0, 0.05) is 31.8 Å². The van der Waals surface area contributed by atoms with Crippen LogP contribution in [0.15, 0.2) is 42.7 Å². The standard InChI is InChI=1S/C23H22F4N6O4/c1-32-30-11-18(31-32)14-9-16(21(28)35)22(29-10-14)36-19-6-7-33(12-17(19)24)20(34)8-13-2-4-15(5-3-13)37-23(25,26)27/h2-5,9-11,17,19H,6-8,12H2,1H3,(H2,28,35)/t17-,19+/m0/s1. The molecular weight excluding hydrogens is 500 g/mol. The number of pyridine rings is 1. The molecule has 0 bridgehead atoms. The highest BCUT2D eigenvalue weighted by Crippen LogP contribution is 2.27. The van der Waals surface area contributed by atoms with Gasteiger partial charge in [-0.25, -0.2) is 9.37 Å². The molecule has 0 saturated carbocycles. The summed E-state index contributed by atoms with van der Waals surface area (Å²) in [6.07, 6.45) is -4.48. The third-order valence-corrected chi connectivity index (χ3v) is 5.62. The van der Waals surface area contributed by atoms with Gasteiger partial charge in [0.05, 0.1) is 19.2 Å². The second-order valence-electron chi connectivity index (χ2n) is 8.33. The van der Waals surface area contributed by atoms with Gasteiger partial charge in [-0.1, -0.05) is 12.1 Å². The van der Waals surface area contributed by atoms with Crippen LogP contribution in [-0.2, 0) is 18.3 Å². The SMILES string of the molecule is Cn1ncc(-c2cnc(O[C@@H]3CCN(C(=O)Cc4ccc(OC(F)(F)F)cc4)C[C@@H]3F)c(C(N)=O)c2)n1. The van der Waals surface area contributed by atoms with Crippen LogP contribution >= 0.6 is 0 Å². The van der Waals surface area contributed by atoms with E-state index in [1.54, 1.807) is 7.05 Å². The maximum Gasteiger partial charge on any atom is 0.573 e. The predicted octanol–water partition coefficient (Wildman–Crippen LogP) is 2.44. The van der Waals surface area contributed by atoms with E-state index in [0.29, 0.717) is 16.8 Å². The summed E-state index contributed by atoms with van der Waals surface area (Å²) >= 11 is 0. The first-order valence-electron chi connectivity index (χ1n) is 11.1. The molecule has 2 amide bonds. The fourth-order valence-corrected chi connectivity index (χ4v) is 3.82. The van der Waals surface area contributed by atoms with E-state index in [0.717, 1.165) is 12.1 Å². The van der Waals surface area contributed by atoms with E-state index in [9.17, 15) is 27.2 Å². The van der Waals surface area contributed by atoms with Gasteiger partial charge in [-0.05, 0) is 23.8 Å². The summed E-state index contributed by atoms with van der Waals surface area (Å²) in [6.45, 7) is -0.0921. The van der Waals surface area contributed by atoms with E-state index < -0.39 is 36.2 Å². The number of benzene rings is 1. The lowest BCUT2D eigenvalue weighted by Crippen LogP contribution is -2.49. The molecule has 14 heteroatoms. The minimum absolute atomic E-state index is 0.0493. The summed E-state index contributed by atoms with van der Waals surface area (Å²) in [4.78, 5) is 31.4. The maximum absolute atomic E-state index is 15.0. The largest absolute Gasteiger partial charge is 0.573 e. The number of rotatable bonds is 7. The highest BCUT2D eigenvalue weighted by atomic mass is 19.4. The number of halogens is 4. The molecule has 2 atom stereocenters. The number of aromatic nitrogens is 4. The Morgan fingerprint density at radius 1 is 1.19 bits per heavy atom. The third kappa shape index (κ3) is 6.51. The summed E-state index contributed by atoms with van der Waals surface area (Å²) in [5.41, 5.74) is 6.81. The third-order valence-electron chi connectivity index (χ3n) is 5.62. The van der Waals surface area contributed by atoms with Crippen molar-refractivity contribution in [2.75, 3.05) is 13.1 Å². The number of hydrogen-bond donors (Lipinski definition) is 1. The van der Waals surface area contributed by atoms with Crippen LogP contribution in [0.25, 0.3) is 11.3 Å².